The summed E-state index contributed by atoms with van der Waals surface area (Å²) in [5.74, 6) is 1.00. The first-order valence-electron chi connectivity index (χ1n) is 6.24. The zero-order valence-corrected chi connectivity index (χ0v) is 12.6. The van der Waals surface area contributed by atoms with Crippen molar-refractivity contribution in [2.75, 3.05) is 18.4 Å². The summed E-state index contributed by atoms with van der Waals surface area (Å²) >= 11 is 0. The summed E-state index contributed by atoms with van der Waals surface area (Å²) in [5, 5.41) is 2.93. The van der Waals surface area contributed by atoms with E-state index >= 15 is 0 Å². The van der Waals surface area contributed by atoms with Crippen LogP contribution in [0.2, 0.25) is 0 Å². The Balaban J connectivity index is 2.40. The monoisotopic (exact) mass is 294 g/mol. The number of nitrogens with zero attached hydrogens (tertiary/aromatic N) is 1. The van der Waals surface area contributed by atoms with Crippen LogP contribution >= 0.6 is 0 Å². The lowest BCUT2D eigenvalue weighted by Gasteiger charge is -2.18. The first-order chi connectivity index (χ1) is 9.46. The third-order valence-electron chi connectivity index (χ3n) is 3.03. The zero-order chi connectivity index (χ0) is 14.8. The van der Waals surface area contributed by atoms with Gasteiger partial charge in [0.05, 0.1) is 12.2 Å². The lowest BCUT2D eigenvalue weighted by molar-refractivity contribution is 0.466. The highest BCUT2D eigenvalue weighted by Crippen LogP contribution is 2.26. The van der Waals surface area contributed by atoms with Gasteiger partial charge in [-0.1, -0.05) is 18.2 Å². The van der Waals surface area contributed by atoms with Crippen molar-refractivity contribution in [3.8, 4) is 0 Å². The van der Waals surface area contributed by atoms with E-state index in [1.807, 2.05) is 6.07 Å². The van der Waals surface area contributed by atoms with Crippen LogP contribution < -0.4 is 9.62 Å². The van der Waals surface area contributed by atoms with Gasteiger partial charge in [0, 0.05) is 13.1 Å². The molecule has 0 saturated carbocycles. The van der Waals surface area contributed by atoms with Crippen LogP contribution in [-0.4, -0.2) is 22.5 Å². The molecule has 0 aliphatic rings. The van der Waals surface area contributed by atoms with Crippen LogP contribution in [-0.2, 0) is 16.6 Å². The Morgan fingerprint density at radius 3 is 2.50 bits per heavy atom. The fourth-order valence-electron chi connectivity index (χ4n) is 1.97. The van der Waals surface area contributed by atoms with E-state index in [0.29, 0.717) is 23.8 Å². The second kappa shape index (κ2) is 5.68. The Hall–Kier alpha value is -1.79. The van der Waals surface area contributed by atoms with Crippen molar-refractivity contribution >= 4 is 15.7 Å². The van der Waals surface area contributed by atoms with Crippen molar-refractivity contribution in [1.29, 1.82) is 0 Å². The maximum Gasteiger partial charge on any atom is 0.267 e. The van der Waals surface area contributed by atoms with E-state index < -0.39 is 10.0 Å². The van der Waals surface area contributed by atoms with Crippen LogP contribution in [0.5, 0.6) is 0 Å². The Bertz CT molecular complexity index is 678. The second-order valence-electron chi connectivity index (χ2n) is 4.47. The molecule has 2 rings (SSSR count). The molecule has 0 spiro atoms. The summed E-state index contributed by atoms with van der Waals surface area (Å²) < 4.78 is 32.0. The number of sulfonamides is 1. The number of hydrogen-bond donors (Lipinski definition) is 1. The van der Waals surface area contributed by atoms with Gasteiger partial charge in [-0.3, -0.25) is 4.31 Å². The Morgan fingerprint density at radius 1 is 1.25 bits per heavy atom. The first-order valence-corrected chi connectivity index (χ1v) is 7.68. The van der Waals surface area contributed by atoms with Gasteiger partial charge in [0.25, 0.3) is 10.0 Å². The Labute approximate surface area is 119 Å². The minimum Gasteiger partial charge on any atom is -0.464 e. The first kappa shape index (κ1) is 14.6. The van der Waals surface area contributed by atoms with E-state index in [4.69, 9.17) is 4.42 Å². The average molecular weight is 294 g/mol. The topological polar surface area (TPSA) is 62.6 Å². The summed E-state index contributed by atoms with van der Waals surface area (Å²) in [6.45, 7) is 2.15. The van der Waals surface area contributed by atoms with Gasteiger partial charge in [0.1, 0.15) is 16.4 Å². The summed E-state index contributed by atoms with van der Waals surface area (Å²) in [5.41, 5.74) is 0.614. The van der Waals surface area contributed by atoms with E-state index in [1.54, 1.807) is 44.3 Å². The quantitative estimate of drug-likeness (QED) is 0.917. The van der Waals surface area contributed by atoms with Gasteiger partial charge in [0.15, 0.2) is 0 Å². The van der Waals surface area contributed by atoms with Crippen molar-refractivity contribution in [1.82, 2.24) is 5.32 Å². The van der Waals surface area contributed by atoms with Crippen molar-refractivity contribution in [3.63, 3.8) is 0 Å². The molecule has 0 fully saturated rings. The number of aryl methyl sites for hydroxylation is 1. The lowest BCUT2D eigenvalue weighted by Crippen LogP contribution is -2.26. The van der Waals surface area contributed by atoms with Gasteiger partial charge in [-0.2, -0.15) is 0 Å². The molecule has 1 aromatic heterocycles. The van der Waals surface area contributed by atoms with Gasteiger partial charge in [-0.15, -0.1) is 0 Å². The van der Waals surface area contributed by atoms with E-state index in [-0.39, 0.29) is 4.90 Å². The van der Waals surface area contributed by atoms with Gasteiger partial charge in [0.2, 0.25) is 0 Å². The Morgan fingerprint density at radius 2 is 1.90 bits per heavy atom. The maximum atomic E-state index is 12.6. The van der Waals surface area contributed by atoms with Crippen LogP contribution in [0.3, 0.4) is 0 Å². The van der Waals surface area contributed by atoms with Crippen LogP contribution in [0.15, 0.2) is 45.7 Å². The molecule has 108 valence electrons. The molecule has 1 aromatic carbocycles. The molecular weight excluding hydrogens is 276 g/mol. The molecule has 0 bridgehead atoms. The summed E-state index contributed by atoms with van der Waals surface area (Å²) in [4.78, 5) is 0.203. The largest absolute Gasteiger partial charge is 0.464 e. The third kappa shape index (κ3) is 2.71. The highest BCUT2D eigenvalue weighted by atomic mass is 32.2. The molecule has 0 unspecified atom stereocenters. The minimum absolute atomic E-state index is 0.203. The molecule has 20 heavy (non-hydrogen) atoms. The molecule has 0 saturated heterocycles. The molecule has 0 amide bonds. The van der Waals surface area contributed by atoms with Crippen molar-refractivity contribution < 1.29 is 12.8 Å². The lowest BCUT2D eigenvalue weighted by atomic mass is 10.3. The van der Waals surface area contributed by atoms with Crippen LogP contribution in [0, 0.1) is 6.92 Å². The predicted octanol–water partition coefficient (Wildman–Crippen LogP) is 2.13. The normalized spacial score (nSPS) is 11.6. The van der Waals surface area contributed by atoms with Crippen molar-refractivity contribution in [2.45, 2.75) is 18.4 Å². The fourth-order valence-corrected chi connectivity index (χ4v) is 3.35. The highest BCUT2D eigenvalue weighted by Gasteiger charge is 2.26. The number of furan rings is 1. The summed E-state index contributed by atoms with van der Waals surface area (Å²) in [7, 11) is -0.292. The molecule has 2 aromatic rings. The highest BCUT2D eigenvalue weighted by molar-refractivity contribution is 7.92. The smallest absolute Gasteiger partial charge is 0.267 e. The molecule has 0 aliphatic heterocycles. The molecule has 1 heterocycles. The van der Waals surface area contributed by atoms with E-state index in [9.17, 15) is 8.42 Å². The van der Waals surface area contributed by atoms with Crippen molar-refractivity contribution in [2.24, 2.45) is 0 Å². The van der Waals surface area contributed by atoms with E-state index in [1.165, 1.54) is 11.4 Å². The van der Waals surface area contributed by atoms with Gasteiger partial charge in [-0.25, -0.2) is 8.42 Å². The van der Waals surface area contributed by atoms with Gasteiger partial charge >= 0.3 is 0 Å². The number of anilines is 1. The number of rotatable bonds is 5. The minimum atomic E-state index is -3.61. The molecule has 0 atom stereocenters. The average Bonchev–Trinajstić information content (AvgIpc) is 2.81. The van der Waals surface area contributed by atoms with E-state index in [0.717, 1.165) is 0 Å². The van der Waals surface area contributed by atoms with Crippen molar-refractivity contribution in [3.05, 3.63) is 47.9 Å². The number of nitrogens with one attached hydrogen (secondary N) is 1. The molecule has 1 N–H and O–H groups in total. The van der Waals surface area contributed by atoms with Crippen LogP contribution in [0.4, 0.5) is 5.69 Å². The van der Waals surface area contributed by atoms with E-state index in [2.05, 4.69) is 5.32 Å². The molecule has 0 radical (unpaired) electrons. The number of hydrogen-bond acceptors (Lipinski definition) is 4. The summed E-state index contributed by atoms with van der Waals surface area (Å²) in [6.07, 6.45) is 0. The zero-order valence-electron chi connectivity index (χ0n) is 11.8. The molecule has 0 aliphatic carbocycles. The van der Waals surface area contributed by atoms with Gasteiger partial charge in [-0.05, 0) is 26.1 Å². The van der Waals surface area contributed by atoms with Gasteiger partial charge < -0.3 is 9.73 Å². The second-order valence-corrected chi connectivity index (χ2v) is 6.41. The summed E-state index contributed by atoms with van der Waals surface area (Å²) in [6, 6.07) is 10.5. The predicted molar refractivity (Wildman–Crippen MR) is 78.2 cm³/mol. The third-order valence-corrected chi connectivity index (χ3v) is 4.93. The molecule has 6 heteroatoms. The molecule has 5 nitrogen and oxygen atoms in total. The SMILES string of the molecule is CNCc1cc(S(=O)(=O)N(C)c2ccccc2)c(C)o1. The standard InChI is InChI=1S/C14H18N2O3S/c1-11-14(9-13(19-11)10-15-2)20(17,18)16(3)12-7-5-4-6-8-12/h4-9,15H,10H2,1-3H3. The number of para-hydroxylation sites is 1. The maximum absolute atomic E-state index is 12.6. The number of benzene rings is 1. The Kier molecular flexibility index (Phi) is 4.15. The van der Waals surface area contributed by atoms with Crippen LogP contribution in [0.1, 0.15) is 11.5 Å². The van der Waals surface area contributed by atoms with Crippen LogP contribution in [0.25, 0.3) is 0 Å². The fraction of sp³-hybridized carbons (Fsp3) is 0.286. The molecular formula is C14H18N2O3S.